The van der Waals surface area contributed by atoms with Crippen LogP contribution in [0.2, 0.25) is 0 Å². The molecule has 0 N–H and O–H groups in total. The van der Waals surface area contributed by atoms with Gasteiger partial charge in [-0.25, -0.2) is 9.59 Å². The van der Waals surface area contributed by atoms with Crippen molar-refractivity contribution in [3.05, 3.63) is 92.1 Å². The standard InChI is InChI=1S/C25H23Cl2IO4/c26-22-13-7-12-19(22)20(23(27)28)14-21(24(29)31-15-17-8-3-1-4-9-17)25(30)32-16-18-10-5-2-6-11-18/h1-6,8-11,14,19,22H,7,12-13,15-16H2/b23-20+. The SMILES string of the molecule is O=C(OCc1ccccc1)C(=C/C(=C(/Cl)I)C1CCCC1Cl)C(=O)OCc1ccccc1. The van der Waals surface area contributed by atoms with Gasteiger partial charge >= 0.3 is 11.9 Å². The van der Waals surface area contributed by atoms with E-state index in [0.29, 0.717) is 8.61 Å². The average molecular weight is 585 g/mol. The molecule has 2 atom stereocenters. The third-order valence-electron chi connectivity index (χ3n) is 5.21. The molecular weight excluding hydrogens is 562 g/mol. The van der Waals surface area contributed by atoms with Crippen LogP contribution in [0.15, 0.2) is 80.9 Å². The second-order valence-corrected chi connectivity index (χ2v) is 10.1. The number of rotatable bonds is 8. The highest BCUT2D eigenvalue weighted by molar-refractivity contribution is 14.1. The number of hydrogen-bond acceptors (Lipinski definition) is 4. The molecule has 1 fully saturated rings. The lowest BCUT2D eigenvalue weighted by Crippen LogP contribution is -2.20. The smallest absolute Gasteiger partial charge is 0.345 e. The largest absolute Gasteiger partial charge is 0.457 e. The van der Waals surface area contributed by atoms with Crippen LogP contribution in [0.5, 0.6) is 0 Å². The van der Waals surface area contributed by atoms with E-state index in [0.717, 1.165) is 30.4 Å². The summed E-state index contributed by atoms with van der Waals surface area (Å²) in [5.74, 6) is -1.56. The van der Waals surface area contributed by atoms with Crippen LogP contribution >= 0.6 is 45.8 Å². The van der Waals surface area contributed by atoms with E-state index in [9.17, 15) is 9.59 Å². The molecule has 0 bridgehead atoms. The number of ether oxygens (including phenoxy) is 2. The van der Waals surface area contributed by atoms with Gasteiger partial charge in [-0.2, -0.15) is 0 Å². The van der Waals surface area contributed by atoms with Gasteiger partial charge in [-0.1, -0.05) is 78.7 Å². The Labute approximate surface area is 211 Å². The van der Waals surface area contributed by atoms with Gasteiger partial charge in [0.25, 0.3) is 0 Å². The number of carbonyl (C=O) groups excluding carboxylic acids is 2. The fourth-order valence-electron chi connectivity index (χ4n) is 3.53. The molecule has 2 aromatic carbocycles. The third-order valence-corrected chi connectivity index (χ3v) is 6.58. The first-order valence-electron chi connectivity index (χ1n) is 10.3. The van der Waals surface area contributed by atoms with Gasteiger partial charge in [-0.3, -0.25) is 0 Å². The van der Waals surface area contributed by atoms with Crippen LogP contribution in [-0.4, -0.2) is 17.3 Å². The van der Waals surface area contributed by atoms with Gasteiger partial charge < -0.3 is 9.47 Å². The maximum atomic E-state index is 12.9. The summed E-state index contributed by atoms with van der Waals surface area (Å²) in [4.78, 5) is 25.9. The Morgan fingerprint density at radius 3 is 1.81 bits per heavy atom. The molecule has 1 saturated carbocycles. The molecule has 2 aromatic rings. The van der Waals surface area contributed by atoms with E-state index in [2.05, 4.69) is 0 Å². The summed E-state index contributed by atoms with van der Waals surface area (Å²) >= 11 is 14.8. The van der Waals surface area contributed by atoms with Crippen molar-refractivity contribution in [2.45, 2.75) is 37.9 Å². The van der Waals surface area contributed by atoms with Crippen LogP contribution in [0.4, 0.5) is 0 Å². The summed E-state index contributed by atoms with van der Waals surface area (Å²) in [6, 6.07) is 18.5. The van der Waals surface area contributed by atoms with E-state index in [4.69, 9.17) is 32.7 Å². The molecule has 0 radical (unpaired) electrons. The van der Waals surface area contributed by atoms with E-state index in [1.807, 2.05) is 83.3 Å². The zero-order valence-electron chi connectivity index (χ0n) is 17.3. The fraction of sp³-hybridized carbons (Fsp3) is 0.280. The molecule has 4 nitrogen and oxygen atoms in total. The van der Waals surface area contributed by atoms with Gasteiger partial charge in [0.1, 0.15) is 18.8 Å². The van der Waals surface area contributed by atoms with Gasteiger partial charge in [-0.15, -0.1) is 11.6 Å². The first kappa shape index (κ1) is 24.8. The molecule has 0 amide bonds. The van der Waals surface area contributed by atoms with Crippen LogP contribution in [-0.2, 0) is 32.3 Å². The molecule has 0 saturated heterocycles. The van der Waals surface area contributed by atoms with Crippen molar-refractivity contribution in [2.24, 2.45) is 5.92 Å². The fourth-order valence-corrected chi connectivity index (χ4v) is 4.69. The second-order valence-electron chi connectivity index (χ2n) is 7.45. The lowest BCUT2D eigenvalue weighted by atomic mass is 9.96. The van der Waals surface area contributed by atoms with Crippen LogP contribution in [0.1, 0.15) is 30.4 Å². The minimum atomic E-state index is -0.761. The van der Waals surface area contributed by atoms with Crippen LogP contribution in [0, 0.1) is 5.92 Å². The predicted octanol–water partition coefficient (Wildman–Crippen LogP) is 6.69. The average Bonchev–Trinajstić information content (AvgIpc) is 3.23. The maximum absolute atomic E-state index is 12.9. The molecule has 168 valence electrons. The molecule has 0 aromatic heterocycles. The molecule has 2 unspecified atom stereocenters. The maximum Gasteiger partial charge on any atom is 0.345 e. The molecule has 1 aliphatic carbocycles. The van der Waals surface area contributed by atoms with Crippen molar-refractivity contribution in [1.29, 1.82) is 0 Å². The Morgan fingerprint density at radius 1 is 0.906 bits per heavy atom. The number of benzene rings is 2. The Morgan fingerprint density at radius 2 is 1.41 bits per heavy atom. The second kappa shape index (κ2) is 12.4. The first-order chi connectivity index (χ1) is 15.5. The number of alkyl halides is 1. The summed E-state index contributed by atoms with van der Waals surface area (Å²) in [5, 5.41) is -0.105. The molecule has 32 heavy (non-hydrogen) atoms. The lowest BCUT2D eigenvalue weighted by Gasteiger charge is -2.17. The van der Waals surface area contributed by atoms with Gasteiger partial charge in [0, 0.05) is 11.3 Å². The highest BCUT2D eigenvalue weighted by Crippen LogP contribution is 2.40. The molecule has 0 aliphatic heterocycles. The molecular formula is C25H23Cl2IO4. The third kappa shape index (κ3) is 7.09. The van der Waals surface area contributed by atoms with Crippen molar-refractivity contribution in [2.75, 3.05) is 0 Å². The molecule has 3 rings (SSSR count). The lowest BCUT2D eigenvalue weighted by molar-refractivity contribution is -0.148. The quantitative estimate of drug-likeness (QED) is 0.0659. The summed E-state index contributed by atoms with van der Waals surface area (Å²) in [6.45, 7) is 0.0864. The number of hydrogen-bond donors (Lipinski definition) is 0. The molecule has 7 heteroatoms. The van der Waals surface area contributed by atoms with Crippen molar-refractivity contribution >= 4 is 57.7 Å². The monoisotopic (exact) mass is 584 g/mol. The number of allylic oxidation sites excluding steroid dienone is 2. The highest BCUT2D eigenvalue weighted by Gasteiger charge is 2.31. The van der Waals surface area contributed by atoms with E-state index in [-0.39, 0.29) is 30.1 Å². The Balaban J connectivity index is 1.83. The van der Waals surface area contributed by atoms with Gasteiger partial charge in [-0.05, 0) is 58.2 Å². The molecule has 0 heterocycles. The minimum absolute atomic E-state index is 0.0417. The predicted molar refractivity (Wildman–Crippen MR) is 134 cm³/mol. The van der Waals surface area contributed by atoms with Crippen LogP contribution in [0.25, 0.3) is 0 Å². The summed E-state index contributed by atoms with van der Waals surface area (Å²) in [7, 11) is 0. The number of esters is 2. The summed E-state index contributed by atoms with van der Waals surface area (Å²) in [5.41, 5.74) is 2.10. The van der Waals surface area contributed by atoms with Gasteiger partial charge in [0.15, 0.2) is 0 Å². The Hall–Kier alpha value is -1.83. The molecule has 0 spiro atoms. The number of carbonyl (C=O) groups is 2. The van der Waals surface area contributed by atoms with E-state index in [1.54, 1.807) is 0 Å². The summed E-state index contributed by atoms with van der Waals surface area (Å²) in [6.07, 6.45) is 4.14. The van der Waals surface area contributed by atoms with Crippen LogP contribution < -0.4 is 0 Å². The van der Waals surface area contributed by atoms with Crippen molar-refractivity contribution < 1.29 is 19.1 Å². The van der Waals surface area contributed by atoms with Gasteiger partial charge in [0.05, 0.1) is 3.04 Å². The van der Waals surface area contributed by atoms with Crippen LogP contribution in [0.3, 0.4) is 0 Å². The van der Waals surface area contributed by atoms with E-state index in [1.165, 1.54) is 6.08 Å². The minimum Gasteiger partial charge on any atom is -0.457 e. The summed E-state index contributed by atoms with van der Waals surface area (Å²) < 4.78 is 11.3. The normalized spacial score (nSPS) is 18.5. The Kier molecular flexibility index (Phi) is 9.63. The topological polar surface area (TPSA) is 52.6 Å². The van der Waals surface area contributed by atoms with Crippen molar-refractivity contribution in [3.63, 3.8) is 0 Å². The Bertz CT molecular complexity index is 928. The van der Waals surface area contributed by atoms with Gasteiger partial charge in [0.2, 0.25) is 0 Å². The zero-order chi connectivity index (χ0) is 22.9. The zero-order valence-corrected chi connectivity index (χ0v) is 21.0. The van der Waals surface area contributed by atoms with E-state index >= 15 is 0 Å². The highest BCUT2D eigenvalue weighted by atomic mass is 127. The first-order valence-corrected chi connectivity index (χ1v) is 12.2. The van der Waals surface area contributed by atoms with Crippen molar-refractivity contribution in [1.82, 2.24) is 0 Å². The van der Waals surface area contributed by atoms with E-state index < -0.39 is 11.9 Å². The van der Waals surface area contributed by atoms with Crippen molar-refractivity contribution in [3.8, 4) is 0 Å². The molecule has 1 aliphatic rings. The number of halogens is 3.